The van der Waals surface area contributed by atoms with E-state index in [0.717, 1.165) is 23.1 Å². The fraction of sp³-hybridized carbons (Fsp3) is 0.350. The van der Waals surface area contributed by atoms with E-state index >= 15 is 0 Å². The van der Waals surface area contributed by atoms with Gasteiger partial charge in [-0.2, -0.15) is 4.21 Å². The third-order valence-electron chi connectivity index (χ3n) is 4.68. The van der Waals surface area contributed by atoms with Crippen LogP contribution in [-0.2, 0) is 26.9 Å². The van der Waals surface area contributed by atoms with E-state index in [1.165, 1.54) is 0 Å². The molecule has 3 rings (SSSR count). The van der Waals surface area contributed by atoms with Gasteiger partial charge in [0.15, 0.2) is 0 Å². The number of amides is 1. The molecule has 1 aliphatic heterocycles. The zero-order valence-corrected chi connectivity index (χ0v) is 15.9. The van der Waals surface area contributed by atoms with E-state index in [2.05, 4.69) is 0 Å². The maximum absolute atomic E-state index is 12.6. The number of hydrogen-bond donors (Lipinski definition) is 1. The van der Waals surface area contributed by atoms with Crippen LogP contribution in [-0.4, -0.2) is 32.3 Å². The average Bonchev–Trinajstić information content (AvgIpc) is 3.15. The summed E-state index contributed by atoms with van der Waals surface area (Å²) in [6.07, 6.45) is 0.333. The Balaban J connectivity index is 1.74. The Bertz CT molecular complexity index is 781. The third kappa shape index (κ3) is 5.15. The topological polar surface area (TPSA) is 76.1 Å². The maximum atomic E-state index is 12.6. The number of aryl methyl sites for hydroxylation is 1. The highest BCUT2D eigenvalue weighted by Gasteiger charge is 2.38. The number of likely N-dealkylation sites (tertiary alicyclic amines) is 1. The van der Waals surface area contributed by atoms with Crippen molar-refractivity contribution in [2.45, 2.75) is 38.5 Å². The molecule has 0 aromatic heterocycles. The van der Waals surface area contributed by atoms with Crippen LogP contribution in [0.25, 0.3) is 0 Å². The standard InChI is InChI=1S/C20H23NO5S/c1-15-9-11-17(12-10-15)19(26-27(23)24)18-8-5-13-21(18)20(22)25-14-16-6-3-2-4-7-16/h2-4,6-7,9-12,18-19H,5,8,13-14H2,1H3,(H,23,24). The smallest absolute Gasteiger partial charge is 0.410 e. The molecule has 0 bridgehead atoms. The Labute approximate surface area is 161 Å². The molecule has 1 heterocycles. The van der Waals surface area contributed by atoms with Crippen LogP contribution in [0.3, 0.4) is 0 Å². The minimum atomic E-state index is -2.44. The molecule has 1 saturated heterocycles. The molecule has 3 atom stereocenters. The second kappa shape index (κ2) is 9.12. The van der Waals surface area contributed by atoms with E-state index in [4.69, 9.17) is 8.92 Å². The first-order chi connectivity index (χ1) is 13.0. The average molecular weight is 389 g/mol. The Hall–Kier alpha value is -2.22. The summed E-state index contributed by atoms with van der Waals surface area (Å²) in [6, 6.07) is 16.7. The molecule has 144 valence electrons. The first-order valence-corrected chi connectivity index (χ1v) is 9.89. The predicted molar refractivity (Wildman–Crippen MR) is 102 cm³/mol. The van der Waals surface area contributed by atoms with E-state index in [0.29, 0.717) is 13.0 Å². The molecule has 1 N–H and O–H groups in total. The van der Waals surface area contributed by atoms with Crippen LogP contribution in [0.1, 0.15) is 35.6 Å². The van der Waals surface area contributed by atoms with Crippen molar-refractivity contribution >= 4 is 17.5 Å². The van der Waals surface area contributed by atoms with Gasteiger partial charge in [0.05, 0.1) is 6.04 Å². The first-order valence-electron chi connectivity index (χ1n) is 8.86. The largest absolute Gasteiger partial charge is 0.445 e. The van der Waals surface area contributed by atoms with Gasteiger partial charge in [-0.05, 0) is 30.9 Å². The van der Waals surface area contributed by atoms with Gasteiger partial charge >= 0.3 is 17.5 Å². The minimum Gasteiger partial charge on any atom is -0.445 e. The molecule has 1 amide bonds. The van der Waals surface area contributed by atoms with E-state index in [9.17, 15) is 13.6 Å². The van der Waals surface area contributed by atoms with Gasteiger partial charge in [-0.3, -0.25) is 8.74 Å². The molecule has 3 unspecified atom stereocenters. The van der Waals surface area contributed by atoms with E-state index in [-0.39, 0.29) is 12.6 Å². The van der Waals surface area contributed by atoms with Crippen molar-refractivity contribution in [3.63, 3.8) is 0 Å². The van der Waals surface area contributed by atoms with Gasteiger partial charge in [0, 0.05) is 6.54 Å². The highest BCUT2D eigenvalue weighted by molar-refractivity contribution is 7.74. The summed E-state index contributed by atoms with van der Waals surface area (Å²) in [6.45, 7) is 2.68. The van der Waals surface area contributed by atoms with Crippen LogP contribution in [0.2, 0.25) is 0 Å². The minimum absolute atomic E-state index is 0.185. The van der Waals surface area contributed by atoms with E-state index in [1.807, 2.05) is 61.5 Å². The molecule has 0 spiro atoms. The number of rotatable bonds is 6. The molecule has 0 radical (unpaired) electrons. The fourth-order valence-electron chi connectivity index (χ4n) is 3.32. The summed E-state index contributed by atoms with van der Waals surface area (Å²) in [5.74, 6) is 0. The number of hydrogen-bond acceptors (Lipinski definition) is 4. The lowest BCUT2D eigenvalue weighted by Crippen LogP contribution is -2.40. The molecule has 1 aliphatic rings. The normalized spacial score (nSPS) is 18.9. The lowest BCUT2D eigenvalue weighted by Gasteiger charge is -2.30. The summed E-state index contributed by atoms with van der Waals surface area (Å²) in [5, 5.41) is 0. The zero-order chi connectivity index (χ0) is 19.2. The summed E-state index contributed by atoms with van der Waals surface area (Å²) < 4.78 is 31.4. The van der Waals surface area contributed by atoms with Crippen LogP contribution in [0.5, 0.6) is 0 Å². The molecule has 0 aliphatic carbocycles. The van der Waals surface area contributed by atoms with Gasteiger partial charge in [-0.1, -0.05) is 60.2 Å². The SMILES string of the molecule is Cc1ccc(C(OS(=O)O)C2CCCN2C(=O)OCc2ccccc2)cc1. The number of carbonyl (C=O) groups is 1. The Morgan fingerprint density at radius 3 is 2.59 bits per heavy atom. The number of carbonyl (C=O) groups excluding carboxylic acids is 1. The van der Waals surface area contributed by atoms with Crippen LogP contribution in [0, 0.1) is 6.92 Å². The summed E-state index contributed by atoms with van der Waals surface area (Å²) in [4.78, 5) is 14.2. The zero-order valence-electron chi connectivity index (χ0n) is 15.1. The van der Waals surface area contributed by atoms with Crippen molar-refractivity contribution < 1.29 is 22.5 Å². The Morgan fingerprint density at radius 2 is 1.93 bits per heavy atom. The van der Waals surface area contributed by atoms with Crippen molar-refractivity contribution in [3.05, 3.63) is 71.3 Å². The van der Waals surface area contributed by atoms with Gasteiger partial charge in [0.2, 0.25) is 0 Å². The third-order valence-corrected chi connectivity index (χ3v) is 5.05. The molecule has 27 heavy (non-hydrogen) atoms. The van der Waals surface area contributed by atoms with E-state index in [1.54, 1.807) is 4.90 Å². The van der Waals surface area contributed by atoms with Crippen LogP contribution in [0.4, 0.5) is 4.79 Å². The van der Waals surface area contributed by atoms with Crippen LogP contribution in [0.15, 0.2) is 54.6 Å². The van der Waals surface area contributed by atoms with Gasteiger partial charge in [-0.15, -0.1) is 0 Å². The molecular formula is C20H23NO5S. The Morgan fingerprint density at radius 1 is 1.22 bits per heavy atom. The number of benzene rings is 2. The highest BCUT2D eigenvalue weighted by Crippen LogP contribution is 2.33. The van der Waals surface area contributed by atoms with E-state index < -0.39 is 23.6 Å². The summed E-state index contributed by atoms with van der Waals surface area (Å²) >= 11 is -2.44. The monoisotopic (exact) mass is 389 g/mol. The number of ether oxygens (including phenoxy) is 1. The molecule has 7 heteroatoms. The highest BCUT2D eigenvalue weighted by atomic mass is 32.2. The van der Waals surface area contributed by atoms with Crippen molar-refractivity contribution in [3.8, 4) is 0 Å². The maximum Gasteiger partial charge on any atom is 0.410 e. The number of nitrogens with zero attached hydrogens (tertiary/aromatic N) is 1. The van der Waals surface area contributed by atoms with Gasteiger partial charge in [-0.25, -0.2) is 4.79 Å². The molecule has 2 aromatic carbocycles. The Kier molecular flexibility index (Phi) is 6.60. The quantitative estimate of drug-likeness (QED) is 0.756. The molecular weight excluding hydrogens is 366 g/mol. The predicted octanol–water partition coefficient (Wildman–Crippen LogP) is 3.99. The first kappa shape index (κ1) is 19.5. The molecule has 6 nitrogen and oxygen atoms in total. The summed E-state index contributed by atoms with van der Waals surface area (Å²) in [5.41, 5.74) is 2.74. The molecule has 2 aromatic rings. The van der Waals surface area contributed by atoms with Gasteiger partial charge in [0.25, 0.3) is 0 Å². The van der Waals surface area contributed by atoms with Gasteiger partial charge < -0.3 is 9.64 Å². The van der Waals surface area contributed by atoms with Gasteiger partial charge in [0.1, 0.15) is 12.7 Å². The summed E-state index contributed by atoms with van der Waals surface area (Å²) in [7, 11) is 0. The van der Waals surface area contributed by atoms with Crippen molar-refractivity contribution in [1.29, 1.82) is 0 Å². The second-order valence-electron chi connectivity index (χ2n) is 6.59. The van der Waals surface area contributed by atoms with Crippen molar-refractivity contribution in [1.82, 2.24) is 4.90 Å². The lowest BCUT2D eigenvalue weighted by molar-refractivity contribution is 0.0589. The molecule has 0 saturated carbocycles. The van der Waals surface area contributed by atoms with Crippen LogP contribution < -0.4 is 0 Å². The lowest BCUT2D eigenvalue weighted by atomic mass is 9.99. The second-order valence-corrected chi connectivity index (χ2v) is 7.21. The van der Waals surface area contributed by atoms with Crippen LogP contribution >= 0.6 is 0 Å². The molecule has 1 fully saturated rings. The fourth-order valence-corrected chi connectivity index (χ4v) is 3.74. The van der Waals surface area contributed by atoms with Crippen molar-refractivity contribution in [2.75, 3.05) is 6.54 Å². The van der Waals surface area contributed by atoms with Crippen molar-refractivity contribution in [2.24, 2.45) is 0 Å².